The van der Waals surface area contributed by atoms with Gasteiger partial charge in [-0.25, -0.2) is 9.18 Å². The standard InChI is InChI=1S/C15H15FN2O2/c1-20-14-4-2-3-11(9-14)10-17-15(19)18-13-7-5-12(16)6-8-13/h2-9H,10H2,1H3,(H2,17,18,19). The van der Waals surface area contributed by atoms with Crippen LogP contribution in [0.4, 0.5) is 14.9 Å². The minimum Gasteiger partial charge on any atom is -0.497 e. The lowest BCUT2D eigenvalue weighted by molar-refractivity contribution is 0.251. The highest BCUT2D eigenvalue weighted by atomic mass is 19.1. The van der Waals surface area contributed by atoms with Gasteiger partial charge < -0.3 is 15.4 Å². The Morgan fingerprint density at radius 1 is 1.20 bits per heavy atom. The van der Waals surface area contributed by atoms with E-state index in [0.29, 0.717) is 12.2 Å². The number of ether oxygens (including phenoxy) is 1. The highest BCUT2D eigenvalue weighted by Crippen LogP contribution is 2.12. The molecule has 0 atom stereocenters. The summed E-state index contributed by atoms with van der Waals surface area (Å²) in [7, 11) is 1.59. The second-order valence-corrected chi connectivity index (χ2v) is 4.17. The van der Waals surface area contributed by atoms with E-state index in [2.05, 4.69) is 10.6 Å². The fourth-order valence-corrected chi connectivity index (χ4v) is 1.67. The van der Waals surface area contributed by atoms with E-state index in [4.69, 9.17) is 4.74 Å². The maximum Gasteiger partial charge on any atom is 0.319 e. The SMILES string of the molecule is COc1cccc(CNC(=O)Nc2ccc(F)cc2)c1. The van der Waals surface area contributed by atoms with E-state index in [1.165, 1.54) is 24.3 Å². The van der Waals surface area contributed by atoms with Crippen LogP contribution < -0.4 is 15.4 Å². The lowest BCUT2D eigenvalue weighted by Gasteiger charge is -2.08. The lowest BCUT2D eigenvalue weighted by Crippen LogP contribution is -2.28. The predicted molar refractivity (Wildman–Crippen MR) is 75.3 cm³/mol. The molecule has 4 nitrogen and oxygen atoms in total. The zero-order chi connectivity index (χ0) is 14.4. The number of methoxy groups -OCH3 is 1. The van der Waals surface area contributed by atoms with Crippen molar-refractivity contribution in [3.05, 3.63) is 59.9 Å². The Balaban J connectivity index is 1.87. The van der Waals surface area contributed by atoms with E-state index < -0.39 is 0 Å². The second-order valence-electron chi connectivity index (χ2n) is 4.17. The van der Waals surface area contributed by atoms with Gasteiger partial charge in [0, 0.05) is 12.2 Å². The van der Waals surface area contributed by atoms with E-state index >= 15 is 0 Å². The van der Waals surface area contributed by atoms with E-state index in [0.717, 1.165) is 11.3 Å². The molecular weight excluding hydrogens is 259 g/mol. The van der Waals surface area contributed by atoms with Crippen molar-refractivity contribution in [3.63, 3.8) is 0 Å². The van der Waals surface area contributed by atoms with E-state index in [9.17, 15) is 9.18 Å². The summed E-state index contributed by atoms with van der Waals surface area (Å²) in [6, 6.07) is 12.7. The van der Waals surface area contributed by atoms with Gasteiger partial charge in [-0.15, -0.1) is 0 Å². The largest absolute Gasteiger partial charge is 0.497 e. The number of carbonyl (C=O) groups is 1. The molecule has 0 aromatic heterocycles. The predicted octanol–water partition coefficient (Wildman–Crippen LogP) is 3.16. The Morgan fingerprint density at radius 3 is 2.65 bits per heavy atom. The number of rotatable bonds is 4. The highest BCUT2D eigenvalue weighted by molar-refractivity contribution is 5.89. The van der Waals surface area contributed by atoms with E-state index in [1.54, 1.807) is 7.11 Å². The van der Waals surface area contributed by atoms with Gasteiger partial charge in [-0.2, -0.15) is 0 Å². The number of anilines is 1. The smallest absolute Gasteiger partial charge is 0.319 e. The molecule has 0 bridgehead atoms. The summed E-state index contributed by atoms with van der Waals surface area (Å²) in [5, 5.41) is 5.33. The van der Waals surface area contributed by atoms with Crippen molar-refractivity contribution in [1.82, 2.24) is 5.32 Å². The summed E-state index contributed by atoms with van der Waals surface area (Å²) in [5.41, 5.74) is 1.47. The molecule has 0 aliphatic heterocycles. The lowest BCUT2D eigenvalue weighted by atomic mass is 10.2. The number of urea groups is 1. The second kappa shape index (κ2) is 6.56. The van der Waals surface area contributed by atoms with Gasteiger partial charge in [0.25, 0.3) is 0 Å². The molecular formula is C15H15FN2O2. The Labute approximate surface area is 116 Å². The molecule has 2 aromatic rings. The van der Waals surface area contributed by atoms with Crippen LogP contribution >= 0.6 is 0 Å². The summed E-state index contributed by atoms with van der Waals surface area (Å²) < 4.78 is 17.8. The van der Waals surface area contributed by atoms with Gasteiger partial charge in [-0.3, -0.25) is 0 Å². The molecule has 104 valence electrons. The number of hydrogen-bond acceptors (Lipinski definition) is 2. The van der Waals surface area contributed by atoms with Gasteiger partial charge in [0.15, 0.2) is 0 Å². The number of hydrogen-bond donors (Lipinski definition) is 2. The van der Waals surface area contributed by atoms with Crippen molar-refractivity contribution in [1.29, 1.82) is 0 Å². The van der Waals surface area contributed by atoms with Gasteiger partial charge in [0.2, 0.25) is 0 Å². The zero-order valence-corrected chi connectivity index (χ0v) is 11.0. The first-order valence-corrected chi connectivity index (χ1v) is 6.11. The van der Waals surface area contributed by atoms with Gasteiger partial charge in [0.05, 0.1) is 7.11 Å². The van der Waals surface area contributed by atoms with Gasteiger partial charge in [0.1, 0.15) is 11.6 Å². The van der Waals surface area contributed by atoms with Crippen molar-refractivity contribution in [2.75, 3.05) is 12.4 Å². The van der Waals surface area contributed by atoms with Crippen molar-refractivity contribution in [3.8, 4) is 5.75 Å². The maximum atomic E-state index is 12.7. The van der Waals surface area contributed by atoms with Crippen LogP contribution in [-0.4, -0.2) is 13.1 Å². The molecule has 0 heterocycles. The van der Waals surface area contributed by atoms with Crippen molar-refractivity contribution in [2.45, 2.75) is 6.54 Å². The van der Waals surface area contributed by atoms with Crippen LogP contribution in [0.3, 0.4) is 0 Å². The van der Waals surface area contributed by atoms with Crippen LogP contribution in [0, 0.1) is 5.82 Å². The quantitative estimate of drug-likeness (QED) is 0.899. The molecule has 0 aliphatic rings. The molecule has 0 radical (unpaired) electrons. The Hall–Kier alpha value is -2.56. The Morgan fingerprint density at radius 2 is 1.95 bits per heavy atom. The van der Waals surface area contributed by atoms with Crippen LogP contribution in [0.5, 0.6) is 5.75 Å². The minimum atomic E-state index is -0.348. The van der Waals surface area contributed by atoms with Crippen LogP contribution in [0.15, 0.2) is 48.5 Å². The first-order chi connectivity index (χ1) is 9.67. The Kier molecular flexibility index (Phi) is 4.55. The average Bonchev–Trinajstić information content (AvgIpc) is 2.48. The summed E-state index contributed by atoms with van der Waals surface area (Å²) >= 11 is 0. The third-order valence-corrected chi connectivity index (χ3v) is 2.69. The van der Waals surface area contributed by atoms with Gasteiger partial charge >= 0.3 is 6.03 Å². The van der Waals surface area contributed by atoms with Crippen LogP contribution in [0.1, 0.15) is 5.56 Å². The third kappa shape index (κ3) is 3.98. The topological polar surface area (TPSA) is 50.4 Å². The summed E-state index contributed by atoms with van der Waals surface area (Å²) in [5.74, 6) is 0.399. The van der Waals surface area contributed by atoms with Crippen molar-refractivity contribution in [2.24, 2.45) is 0 Å². The zero-order valence-electron chi connectivity index (χ0n) is 11.0. The summed E-state index contributed by atoms with van der Waals surface area (Å²) in [4.78, 5) is 11.7. The molecule has 2 amide bonds. The van der Waals surface area contributed by atoms with Gasteiger partial charge in [-0.1, -0.05) is 12.1 Å². The number of carbonyl (C=O) groups excluding carboxylic acids is 1. The number of benzene rings is 2. The van der Waals surface area contributed by atoms with E-state index in [1.807, 2.05) is 24.3 Å². The molecule has 5 heteroatoms. The molecule has 0 saturated heterocycles. The third-order valence-electron chi connectivity index (χ3n) is 2.69. The highest BCUT2D eigenvalue weighted by Gasteiger charge is 2.02. The Bertz CT molecular complexity index is 585. The summed E-state index contributed by atoms with van der Waals surface area (Å²) in [6.07, 6.45) is 0. The number of nitrogens with one attached hydrogen (secondary N) is 2. The molecule has 2 N–H and O–H groups in total. The van der Waals surface area contributed by atoms with Crippen molar-refractivity contribution < 1.29 is 13.9 Å². The fourth-order valence-electron chi connectivity index (χ4n) is 1.67. The minimum absolute atomic E-state index is 0.340. The molecule has 20 heavy (non-hydrogen) atoms. The summed E-state index contributed by atoms with van der Waals surface area (Å²) in [6.45, 7) is 0.379. The molecule has 0 aliphatic carbocycles. The molecule has 0 fully saturated rings. The molecule has 0 saturated carbocycles. The maximum absolute atomic E-state index is 12.7. The first-order valence-electron chi connectivity index (χ1n) is 6.11. The average molecular weight is 274 g/mol. The van der Waals surface area contributed by atoms with Gasteiger partial charge in [-0.05, 0) is 42.0 Å². The molecule has 0 unspecified atom stereocenters. The molecule has 2 rings (SSSR count). The number of amides is 2. The molecule has 2 aromatic carbocycles. The van der Waals surface area contributed by atoms with Crippen LogP contribution in [0.2, 0.25) is 0 Å². The molecule has 0 spiro atoms. The van der Waals surface area contributed by atoms with Crippen molar-refractivity contribution >= 4 is 11.7 Å². The first kappa shape index (κ1) is 13.9. The monoisotopic (exact) mass is 274 g/mol. The van der Waals surface area contributed by atoms with E-state index in [-0.39, 0.29) is 11.8 Å². The number of halogens is 1. The van der Waals surface area contributed by atoms with Crippen LogP contribution in [0.25, 0.3) is 0 Å². The van der Waals surface area contributed by atoms with Crippen LogP contribution in [-0.2, 0) is 6.54 Å². The fraction of sp³-hybridized carbons (Fsp3) is 0.133. The normalized spacial score (nSPS) is 9.90.